The Morgan fingerprint density at radius 1 is 1.35 bits per heavy atom. The van der Waals surface area contributed by atoms with Gasteiger partial charge in [0.15, 0.2) is 0 Å². The number of thiophene rings is 1. The summed E-state index contributed by atoms with van der Waals surface area (Å²) in [5.41, 5.74) is 1.17. The van der Waals surface area contributed by atoms with Gasteiger partial charge in [-0.1, -0.05) is 0 Å². The fourth-order valence-electron chi connectivity index (χ4n) is 2.54. The van der Waals surface area contributed by atoms with Gasteiger partial charge in [-0.15, -0.1) is 11.3 Å². The number of carbonyl (C=O) groups is 1. The average Bonchev–Trinajstić information content (AvgIpc) is 3.07. The smallest absolute Gasteiger partial charge is 0.264 e. The summed E-state index contributed by atoms with van der Waals surface area (Å²) in [4.78, 5) is 19.5. The van der Waals surface area contributed by atoms with Gasteiger partial charge >= 0.3 is 0 Å². The lowest BCUT2D eigenvalue weighted by atomic mass is 10.1. The number of amides is 1. The molecule has 6 heteroatoms. The molecule has 1 aliphatic rings. The Morgan fingerprint density at radius 2 is 2.10 bits per heavy atom. The van der Waals surface area contributed by atoms with Crippen LogP contribution in [0.25, 0.3) is 0 Å². The van der Waals surface area contributed by atoms with Crippen molar-refractivity contribution in [1.29, 1.82) is 0 Å². The zero-order valence-electron chi connectivity index (χ0n) is 10.6. The Kier molecular flexibility index (Phi) is 4.23. The highest BCUT2D eigenvalue weighted by molar-refractivity contribution is 9.13. The van der Waals surface area contributed by atoms with Gasteiger partial charge in [0.05, 0.1) is 14.7 Å². The molecule has 2 aromatic rings. The number of pyridine rings is 1. The lowest BCUT2D eigenvalue weighted by Gasteiger charge is -2.24. The zero-order valence-corrected chi connectivity index (χ0v) is 14.5. The molecule has 1 fully saturated rings. The van der Waals surface area contributed by atoms with Gasteiger partial charge in [0.2, 0.25) is 0 Å². The van der Waals surface area contributed by atoms with E-state index in [2.05, 4.69) is 36.8 Å². The summed E-state index contributed by atoms with van der Waals surface area (Å²) in [6.45, 7) is 0.818. The molecule has 2 aromatic heterocycles. The van der Waals surface area contributed by atoms with Crippen LogP contribution in [-0.2, 0) is 0 Å². The van der Waals surface area contributed by atoms with Gasteiger partial charge in [-0.05, 0) is 68.5 Å². The molecule has 104 valence electrons. The number of likely N-dealkylation sites (tertiary alicyclic amines) is 1. The highest BCUT2D eigenvalue weighted by Crippen LogP contribution is 2.37. The average molecular weight is 416 g/mol. The predicted molar refractivity (Wildman–Crippen MR) is 87.0 cm³/mol. The Balaban J connectivity index is 1.87. The molecule has 20 heavy (non-hydrogen) atoms. The van der Waals surface area contributed by atoms with Crippen LogP contribution in [0.5, 0.6) is 0 Å². The number of rotatable bonds is 2. The van der Waals surface area contributed by atoms with E-state index in [1.807, 2.05) is 23.1 Å². The van der Waals surface area contributed by atoms with Crippen molar-refractivity contribution in [2.24, 2.45) is 0 Å². The summed E-state index contributed by atoms with van der Waals surface area (Å²) in [5, 5.41) is 0. The van der Waals surface area contributed by atoms with Crippen LogP contribution in [0.15, 0.2) is 38.9 Å². The SMILES string of the molecule is O=C(c1cc(Br)c(Br)s1)N1CCCC1c1ccncc1. The minimum absolute atomic E-state index is 0.112. The van der Waals surface area contributed by atoms with Crippen molar-refractivity contribution in [3.05, 3.63) is 49.3 Å². The maximum absolute atomic E-state index is 12.7. The van der Waals surface area contributed by atoms with Gasteiger partial charge in [0.25, 0.3) is 5.91 Å². The second kappa shape index (κ2) is 5.95. The number of hydrogen-bond donors (Lipinski definition) is 0. The molecule has 0 N–H and O–H groups in total. The van der Waals surface area contributed by atoms with Crippen molar-refractivity contribution >= 4 is 49.1 Å². The van der Waals surface area contributed by atoms with Crippen LogP contribution in [0.1, 0.15) is 34.1 Å². The van der Waals surface area contributed by atoms with Crippen molar-refractivity contribution in [3.8, 4) is 0 Å². The standard InChI is InChI=1S/C14H12Br2N2OS/c15-10-8-12(20-13(10)16)14(19)18-7-1-2-11(18)9-3-5-17-6-4-9/h3-6,8,11H,1-2,7H2. The third kappa shape index (κ3) is 2.69. The Hall–Kier alpha value is -0.720. The third-order valence-corrected chi connectivity index (χ3v) is 6.70. The minimum Gasteiger partial charge on any atom is -0.331 e. The van der Waals surface area contributed by atoms with E-state index in [-0.39, 0.29) is 11.9 Å². The van der Waals surface area contributed by atoms with Crippen LogP contribution >= 0.6 is 43.2 Å². The van der Waals surface area contributed by atoms with Gasteiger partial charge in [-0.25, -0.2) is 0 Å². The van der Waals surface area contributed by atoms with Crippen molar-refractivity contribution in [2.45, 2.75) is 18.9 Å². The monoisotopic (exact) mass is 414 g/mol. The molecular weight excluding hydrogens is 404 g/mol. The molecule has 1 aliphatic heterocycles. The summed E-state index contributed by atoms with van der Waals surface area (Å²) >= 11 is 8.36. The van der Waals surface area contributed by atoms with Crippen molar-refractivity contribution in [2.75, 3.05) is 6.54 Å². The maximum Gasteiger partial charge on any atom is 0.264 e. The van der Waals surface area contributed by atoms with Crippen molar-refractivity contribution in [1.82, 2.24) is 9.88 Å². The lowest BCUT2D eigenvalue weighted by molar-refractivity contribution is 0.0740. The van der Waals surface area contributed by atoms with Gasteiger partial charge in [-0.3, -0.25) is 9.78 Å². The second-order valence-electron chi connectivity index (χ2n) is 4.67. The highest BCUT2D eigenvalue weighted by atomic mass is 79.9. The number of halogens is 2. The highest BCUT2D eigenvalue weighted by Gasteiger charge is 2.31. The Bertz CT molecular complexity index is 610. The zero-order chi connectivity index (χ0) is 14.1. The lowest BCUT2D eigenvalue weighted by Crippen LogP contribution is -2.29. The molecule has 3 rings (SSSR count). The van der Waals surface area contributed by atoms with E-state index < -0.39 is 0 Å². The molecule has 1 amide bonds. The number of hydrogen-bond acceptors (Lipinski definition) is 3. The molecule has 0 aromatic carbocycles. The van der Waals surface area contributed by atoms with Crippen LogP contribution in [0, 0.1) is 0 Å². The summed E-state index contributed by atoms with van der Waals surface area (Å²) in [6, 6.07) is 6.05. The van der Waals surface area contributed by atoms with Gasteiger partial charge < -0.3 is 4.90 Å². The third-order valence-electron chi connectivity index (χ3n) is 3.46. The van der Waals surface area contributed by atoms with Crippen LogP contribution in [-0.4, -0.2) is 22.3 Å². The van der Waals surface area contributed by atoms with E-state index in [1.54, 1.807) is 12.4 Å². The first-order valence-electron chi connectivity index (χ1n) is 6.32. The summed E-state index contributed by atoms with van der Waals surface area (Å²) in [7, 11) is 0. The van der Waals surface area contributed by atoms with Gasteiger partial charge in [-0.2, -0.15) is 0 Å². The molecular formula is C14H12Br2N2OS. The minimum atomic E-state index is 0.112. The van der Waals surface area contributed by atoms with E-state index in [0.717, 1.165) is 32.5 Å². The van der Waals surface area contributed by atoms with E-state index in [9.17, 15) is 4.79 Å². The van der Waals surface area contributed by atoms with E-state index >= 15 is 0 Å². The molecule has 3 nitrogen and oxygen atoms in total. The maximum atomic E-state index is 12.7. The fourth-order valence-corrected chi connectivity index (χ4v) is 4.53. The van der Waals surface area contributed by atoms with Crippen molar-refractivity contribution < 1.29 is 4.79 Å². The molecule has 0 bridgehead atoms. The van der Waals surface area contributed by atoms with Crippen molar-refractivity contribution in [3.63, 3.8) is 0 Å². The fraction of sp³-hybridized carbons (Fsp3) is 0.286. The van der Waals surface area contributed by atoms with Crippen LogP contribution < -0.4 is 0 Å². The summed E-state index contributed by atoms with van der Waals surface area (Å²) in [5.74, 6) is 0.112. The van der Waals surface area contributed by atoms with Crippen LogP contribution in [0.4, 0.5) is 0 Å². The van der Waals surface area contributed by atoms with E-state index in [0.29, 0.717) is 0 Å². The second-order valence-corrected chi connectivity index (χ2v) is 7.89. The first-order valence-corrected chi connectivity index (χ1v) is 8.73. The molecule has 0 saturated carbocycles. The van der Waals surface area contributed by atoms with E-state index in [4.69, 9.17) is 0 Å². The summed E-state index contributed by atoms with van der Waals surface area (Å²) < 4.78 is 1.89. The summed E-state index contributed by atoms with van der Waals surface area (Å²) in [6.07, 6.45) is 5.64. The molecule has 0 radical (unpaired) electrons. The quantitative estimate of drug-likeness (QED) is 0.715. The number of aromatic nitrogens is 1. The number of carbonyl (C=O) groups excluding carboxylic acids is 1. The number of nitrogens with zero attached hydrogens (tertiary/aromatic N) is 2. The Morgan fingerprint density at radius 3 is 2.75 bits per heavy atom. The van der Waals surface area contributed by atoms with Crippen LogP contribution in [0.2, 0.25) is 0 Å². The molecule has 1 unspecified atom stereocenters. The molecule has 1 saturated heterocycles. The van der Waals surface area contributed by atoms with Gasteiger partial charge in [0.1, 0.15) is 0 Å². The molecule has 0 spiro atoms. The molecule has 0 aliphatic carbocycles. The van der Waals surface area contributed by atoms with E-state index in [1.165, 1.54) is 16.9 Å². The first kappa shape index (κ1) is 14.2. The largest absolute Gasteiger partial charge is 0.331 e. The molecule has 1 atom stereocenters. The first-order chi connectivity index (χ1) is 9.66. The normalized spacial score (nSPS) is 18.5. The van der Waals surface area contributed by atoms with Gasteiger partial charge in [0, 0.05) is 23.4 Å². The Labute approximate surface area is 138 Å². The molecule has 3 heterocycles. The topological polar surface area (TPSA) is 33.2 Å². The van der Waals surface area contributed by atoms with Crippen LogP contribution in [0.3, 0.4) is 0 Å². The predicted octanol–water partition coefficient (Wildman–Crippen LogP) is 4.65.